The summed E-state index contributed by atoms with van der Waals surface area (Å²) in [5.74, 6) is 0.902. The highest BCUT2D eigenvalue weighted by Gasteiger charge is 2.16. The number of benzene rings is 3. The van der Waals surface area contributed by atoms with E-state index in [1.54, 1.807) is 0 Å². The highest BCUT2D eigenvalue weighted by atomic mass is 16.5. The van der Waals surface area contributed by atoms with Gasteiger partial charge in [0.25, 0.3) is 0 Å². The fraction of sp³-hybridized carbons (Fsp3) is 0.150. The molecule has 1 N–H and O–H groups in total. The number of rotatable bonds is 0. The Labute approximate surface area is 132 Å². The Balaban J connectivity index is 1.96. The number of aryl methyl sites for hydroxylation is 1. The van der Waals surface area contributed by atoms with Crippen LogP contribution in [0.3, 0.4) is 0 Å². The first-order chi connectivity index (χ1) is 11.3. The van der Waals surface area contributed by atoms with Gasteiger partial charge in [-0.05, 0) is 47.9 Å². The van der Waals surface area contributed by atoms with Gasteiger partial charge in [0, 0.05) is 16.3 Å². The van der Waals surface area contributed by atoms with E-state index in [1.807, 2.05) is 36.4 Å². The molecule has 3 heteroatoms. The van der Waals surface area contributed by atoms with Crippen LogP contribution in [0.2, 0.25) is 0 Å². The van der Waals surface area contributed by atoms with E-state index >= 15 is 0 Å². The topological polar surface area (TPSA) is 42.1 Å². The molecule has 112 valence electrons. The van der Waals surface area contributed by atoms with Crippen LogP contribution < -0.4 is 10.2 Å². The molecular weight excluding hydrogens is 286 g/mol. The van der Waals surface area contributed by atoms with E-state index in [0.29, 0.717) is 0 Å². The van der Waals surface area contributed by atoms with Crippen molar-refractivity contribution in [2.75, 3.05) is 6.61 Å². The van der Waals surface area contributed by atoms with Crippen LogP contribution >= 0.6 is 0 Å². The Kier molecular flexibility index (Phi) is 2.54. The summed E-state index contributed by atoms with van der Waals surface area (Å²) in [5.41, 5.74) is 3.03. The molecule has 0 bridgehead atoms. The van der Waals surface area contributed by atoms with Crippen LogP contribution in [0.15, 0.2) is 53.3 Å². The van der Waals surface area contributed by atoms with Crippen molar-refractivity contribution in [1.29, 1.82) is 0 Å². The summed E-state index contributed by atoms with van der Waals surface area (Å²) < 4.78 is 5.73. The Bertz CT molecular complexity index is 1140. The van der Waals surface area contributed by atoms with Gasteiger partial charge in [0.1, 0.15) is 5.75 Å². The minimum Gasteiger partial charge on any atom is -0.493 e. The van der Waals surface area contributed by atoms with E-state index in [9.17, 15) is 4.79 Å². The van der Waals surface area contributed by atoms with Crippen molar-refractivity contribution in [2.45, 2.75) is 12.8 Å². The molecule has 1 aromatic heterocycles. The van der Waals surface area contributed by atoms with Crippen molar-refractivity contribution in [3.8, 4) is 5.75 Å². The number of ether oxygens (including phenoxy) is 1. The minimum absolute atomic E-state index is 0.0906. The number of pyridine rings is 1. The maximum absolute atomic E-state index is 13.0. The quantitative estimate of drug-likeness (QED) is 0.496. The lowest BCUT2D eigenvalue weighted by Crippen LogP contribution is -2.12. The Morgan fingerprint density at radius 2 is 1.78 bits per heavy atom. The monoisotopic (exact) mass is 301 g/mol. The van der Waals surface area contributed by atoms with E-state index in [2.05, 4.69) is 17.1 Å². The Hall–Kier alpha value is -2.81. The maximum atomic E-state index is 13.0. The molecule has 0 radical (unpaired) electrons. The highest BCUT2D eigenvalue weighted by Crippen LogP contribution is 2.31. The van der Waals surface area contributed by atoms with E-state index < -0.39 is 0 Å². The van der Waals surface area contributed by atoms with Gasteiger partial charge in [-0.2, -0.15) is 0 Å². The van der Waals surface area contributed by atoms with Gasteiger partial charge in [0.15, 0.2) is 5.43 Å². The van der Waals surface area contributed by atoms with Gasteiger partial charge in [-0.15, -0.1) is 0 Å². The third-order valence-electron chi connectivity index (χ3n) is 4.73. The van der Waals surface area contributed by atoms with Gasteiger partial charge >= 0.3 is 0 Å². The van der Waals surface area contributed by atoms with Gasteiger partial charge in [0.05, 0.1) is 17.6 Å². The number of aromatic nitrogens is 1. The maximum Gasteiger partial charge on any atom is 0.197 e. The third-order valence-corrected chi connectivity index (χ3v) is 4.73. The molecule has 3 nitrogen and oxygen atoms in total. The van der Waals surface area contributed by atoms with Crippen molar-refractivity contribution < 1.29 is 4.74 Å². The molecule has 0 saturated carbocycles. The van der Waals surface area contributed by atoms with Crippen LogP contribution in [0.4, 0.5) is 0 Å². The summed E-state index contributed by atoms with van der Waals surface area (Å²) in [4.78, 5) is 16.4. The summed E-state index contributed by atoms with van der Waals surface area (Å²) >= 11 is 0. The molecule has 3 aromatic carbocycles. The van der Waals surface area contributed by atoms with Crippen LogP contribution in [0.5, 0.6) is 5.75 Å². The number of hydrogen-bond acceptors (Lipinski definition) is 2. The van der Waals surface area contributed by atoms with Gasteiger partial charge in [-0.25, -0.2) is 0 Å². The molecule has 1 aliphatic rings. The normalized spacial score (nSPS) is 14.1. The van der Waals surface area contributed by atoms with Crippen LogP contribution in [-0.2, 0) is 6.42 Å². The number of aromatic amines is 1. The lowest BCUT2D eigenvalue weighted by atomic mass is 9.99. The fourth-order valence-electron chi connectivity index (χ4n) is 3.59. The van der Waals surface area contributed by atoms with E-state index in [1.165, 1.54) is 0 Å². The molecule has 0 saturated heterocycles. The van der Waals surface area contributed by atoms with Crippen molar-refractivity contribution in [1.82, 2.24) is 4.98 Å². The zero-order valence-corrected chi connectivity index (χ0v) is 12.6. The first kappa shape index (κ1) is 12.7. The van der Waals surface area contributed by atoms with E-state index in [-0.39, 0.29) is 5.43 Å². The average molecular weight is 301 g/mol. The molecule has 0 unspecified atom stereocenters. The summed E-state index contributed by atoms with van der Waals surface area (Å²) in [7, 11) is 0. The zero-order chi connectivity index (χ0) is 15.4. The Morgan fingerprint density at radius 1 is 0.957 bits per heavy atom. The lowest BCUT2D eigenvalue weighted by molar-refractivity contribution is 0.289. The molecule has 0 atom stereocenters. The van der Waals surface area contributed by atoms with Crippen LogP contribution in [0.25, 0.3) is 32.6 Å². The molecule has 0 spiro atoms. The molecule has 5 rings (SSSR count). The lowest BCUT2D eigenvalue weighted by Gasteiger charge is -2.19. The zero-order valence-electron chi connectivity index (χ0n) is 12.6. The second-order valence-electron chi connectivity index (χ2n) is 6.12. The molecular formula is C20H15NO2. The van der Waals surface area contributed by atoms with Crippen LogP contribution in [0, 0.1) is 0 Å². The molecule has 4 aromatic rings. The minimum atomic E-state index is 0.0906. The molecule has 0 aliphatic carbocycles. The van der Waals surface area contributed by atoms with Gasteiger partial charge < -0.3 is 9.72 Å². The predicted molar refractivity (Wildman–Crippen MR) is 93.4 cm³/mol. The molecule has 2 heterocycles. The average Bonchev–Trinajstić information content (AvgIpc) is 2.60. The van der Waals surface area contributed by atoms with Gasteiger partial charge in [-0.1, -0.05) is 24.3 Å². The second kappa shape index (κ2) is 4.59. The van der Waals surface area contributed by atoms with Crippen molar-refractivity contribution in [3.05, 3.63) is 64.3 Å². The smallest absolute Gasteiger partial charge is 0.197 e. The number of H-pyrrole nitrogens is 1. The fourth-order valence-corrected chi connectivity index (χ4v) is 3.59. The van der Waals surface area contributed by atoms with Crippen molar-refractivity contribution in [2.24, 2.45) is 0 Å². The van der Waals surface area contributed by atoms with Crippen LogP contribution in [-0.4, -0.2) is 11.6 Å². The second-order valence-corrected chi connectivity index (χ2v) is 6.12. The molecule has 0 amide bonds. The van der Waals surface area contributed by atoms with Crippen LogP contribution in [0.1, 0.15) is 12.0 Å². The van der Waals surface area contributed by atoms with Crippen molar-refractivity contribution in [3.63, 3.8) is 0 Å². The molecule has 23 heavy (non-hydrogen) atoms. The van der Waals surface area contributed by atoms with Gasteiger partial charge in [-0.3, -0.25) is 4.79 Å². The summed E-state index contributed by atoms with van der Waals surface area (Å²) in [6.07, 6.45) is 1.94. The summed E-state index contributed by atoms with van der Waals surface area (Å²) in [6, 6.07) is 16.0. The van der Waals surface area contributed by atoms with Crippen molar-refractivity contribution >= 4 is 32.6 Å². The molecule has 1 aliphatic heterocycles. The summed E-state index contributed by atoms with van der Waals surface area (Å²) in [5, 5.41) is 3.71. The Morgan fingerprint density at radius 3 is 2.65 bits per heavy atom. The number of nitrogens with one attached hydrogen (secondary N) is 1. The third kappa shape index (κ3) is 1.80. The standard InChI is InChI=1S/C20H15NO2/c22-20-15-7-8-18-14(6-3-9-23-18)19(15)21-17-11-13-5-2-1-4-12(13)10-16(17)20/h1-2,4-5,7-8,10-11H,3,6,9H2,(H,21,22). The predicted octanol–water partition coefficient (Wildman–Crippen LogP) is 4.16. The largest absolute Gasteiger partial charge is 0.493 e. The summed E-state index contributed by atoms with van der Waals surface area (Å²) in [6.45, 7) is 0.751. The number of hydrogen-bond donors (Lipinski definition) is 1. The highest BCUT2D eigenvalue weighted by molar-refractivity contribution is 6.01. The first-order valence-electron chi connectivity index (χ1n) is 7.94. The molecule has 0 fully saturated rings. The van der Waals surface area contributed by atoms with E-state index in [0.717, 1.165) is 63.3 Å². The number of fused-ring (bicyclic) bond motifs is 5. The van der Waals surface area contributed by atoms with Gasteiger partial charge in [0.2, 0.25) is 0 Å². The van der Waals surface area contributed by atoms with E-state index in [4.69, 9.17) is 4.74 Å². The SMILES string of the molecule is O=c1c2cc3ccccc3cc2[nH]c2c3c(ccc12)OCCC3. The first-order valence-corrected chi connectivity index (χ1v) is 7.94.